The fourth-order valence-electron chi connectivity index (χ4n) is 2.23. The molecule has 0 aliphatic heterocycles. The van der Waals surface area contributed by atoms with Gasteiger partial charge < -0.3 is 8.98 Å². The van der Waals surface area contributed by atoms with E-state index >= 15 is 0 Å². The highest BCUT2D eigenvalue weighted by atomic mass is 32.1. The highest BCUT2D eigenvalue weighted by Gasteiger charge is 2.11. The van der Waals surface area contributed by atoms with E-state index in [9.17, 15) is 10.1 Å². The van der Waals surface area contributed by atoms with Gasteiger partial charge in [-0.2, -0.15) is 5.10 Å². The van der Waals surface area contributed by atoms with E-state index in [2.05, 4.69) is 5.10 Å². The Labute approximate surface area is 130 Å². The lowest BCUT2D eigenvalue weighted by Crippen LogP contribution is -1.96. The third kappa shape index (κ3) is 2.33. The molecule has 0 bridgehead atoms. The van der Waals surface area contributed by atoms with E-state index in [1.807, 2.05) is 35.8 Å². The molecular formula is C14H12N4O3S. The molecule has 3 rings (SSSR count). The Morgan fingerprint density at radius 3 is 2.68 bits per heavy atom. The number of fused-ring (bicyclic) bond motifs is 1. The maximum absolute atomic E-state index is 10.6. The average molecular weight is 316 g/mol. The van der Waals surface area contributed by atoms with Gasteiger partial charge in [-0.05, 0) is 37.3 Å². The molecule has 7 nitrogen and oxygen atoms in total. The standard InChI is InChI=1S/C14H12N4O3S/c1-2-16-11-5-3-4-6-12(11)17(14(16)22)15-9-10-7-8-13(21-10)18(19)20/h3-9H,2H2,1H3/b15-9+. The van der Waals surface area contributed by atoms with Crippen molar-refractivity contribution < 1.29 is 9.34 Å². The molecule has 0 radical (unpaired) electrons. The molecule has 1 aromatic carbocycles. The molecule has 2 heterocycles. The van der Waals surface area contributed by atoms with Crippen LogP contribution >= 0.6 is 12.2 Å². The summed E-state index contributed by atoms with van der Waals surface area (Å²) in [6, 6.07) is 10.5. The first kappa shape index (κ1) is 14.2. The average Bonchev–Trinajstić information content (AvgIpc) is 3.08. The summed E-state index contributed by atoms with van der Waals surface area (Å²) in [4.78, 5) is 10.0. The SMILES string of the molecule is CCn1c(=S)n(/N=C/c2ccc([N+](=O)[O-])o2)c2ccccc21. The van der Waals surface area contributed by atoms with Crippen LogP contribution in [0.2, 0.25) is 0 Å². The summed E-state index contributed by atoms with van der Waals surface area (Å²) in [6.45, 7) is 2.74. The van der Waals surface area contributed by atoms with Crippen LogP contribution in [0.4, 0.5) is 5.88 Å². The van der Waals surface area contributed by atoms with Crippen molar-refractivity contribution in [1.82, 2.24) is 9.24 Å². The Hall–Kier alpha value is -2.74. The normalized spacial score (nSPS) is 11.5. The smallest absolute Gasteiger partial charge is 0.400 e. The zero-order valence-corrected chi connectivity index (χ0v) is 12.5. The largest absolute Gasteiger partial charge is 0.433 e. The number of nitro groups is 1. The summed E-state index contributed by atoms with van der Waals surface area (Å²) in [6.07, 6.45) is 1.41. The Morgan fingerprint density at radius 2 is 2.05 bits per heavy atom. The lowest BCUT2D eigenvalue weighted by molar-refractivity contribution is -0.402. The number of benzene rings is 1. The van der Waals surface area contributed by atoms with Gasteiger partial charge in [-0.25, -0.2) is 4.68 Å². The van der Waals surface area contributed by atoms with E-state index in [1.54, 1.807) is 4.68 Å². The van der Waals surface area contributed by atoms with Gasteiger partial charge in [0.25, 0.3) is 0 Å². The van der Waals surface area contributed by atoms with Gasteiger partial charge in [0.05, 0.1) is 23.3 Å². The Balaban J connectivity index is 2.06. The topological polar surface area (TPSA) is 78.5 Å². The van der Waals surface area contributed by atoms with Crippen molar-refractivity contribution in [2.24, 2.45) is 5.10 Å². The van der Waals surface area contributed by atoms with Gasteiger partial charge in [-0.15, -0.1) is 0 Å². The molecule has 0 unspecified atom stereocenters. The number of furan rings is 1. The van der Waals surface area contributed by atoms with Crippen molar-refractivity contribution in [1.29, 1.82) is 0 Å². The summed E-state index contributed by atoms with van der Waals surface area (Å²) in [5.74, 6) is -0.0250. The summed E-state index contributed by atoms with van der Waals surface area (Å²) in [5, 5.41) is 14.9. The number of hydrogen-bond acceptors (Lipinski definition) is 5. The van der Waals surface area contributed by atoms with E-state index in [4.69, 9.17) is 16.6 Å². The number of hydrogen-bond donors (Lipinski definition) is 0. The number of rotatable bonds is 4. The van der Waals surface area contributed by atoms with Gasteiger partial charge in [-0.1, -0.05) is 12.1 Å². The first-order valence-corrected chi connectivity index (χ1v) is 7.01. The van der Waals surface area contributed by atoms with Crippen molar-refractivity contribution in [2.45, 2.75) is 13.5 Å². The number of para-hydroxylation sites is 2. The molecule has 0 amide bonds. The van der Waals surface area contributed by atoms with Crippen LogP contribution in [-0.4, -0.2) is 20.4 Å². The third-order valence-electron chi connectivity index (χ3n) is 3.22. The fourth-order valence-corrected chi connectivity index (χ4v) is 2.61. The minimum absolute atomic E-state index is 0.293. The van der Waals surface area contributed by atoms with E-state index in [0.29, 0.717) is 10.5 Å². The Bertz CT molecular complexity index is 935. The van der Waals surface area contributed by atoms with Crippen LogP contribution in [0.3, 0.4) is 0 Å². The maximum Gasteiger partial charge on any atom is 0.433 e. The zero-order valence-electron chi connectivity index (χ0n) is 11.7. The Morgan fingerprint density at radius 1 is 1.32 bits per heavy atom. The van der Waals surface area contributed by atoms with Crippen LogP contribution in [0.1, 0.15) is 12.7 Å². The van der Waals surface area contributed by atoms with Gasteiger partial charge in [0, 0.05) is 6.54 Å². The second kappa shape index (κ2) is 5.57. The summed E-state index contributed by atoms with van der Waals surface area (Å²) in [5.41, 5.74) is 1.85. The minimum Gasteiger partial charge on any atom is -0.400 e. The molecule has 22 heavy (non-hydrogen) atoms. The molecule has 0 N–H and O–H groups in total. The van der Waals surface area contributed by atoms with E-state index in [-0.39, 0.29) is 5.88 Å². The summed E-state index contributed by atoms with van der Waals surface area (Å²) in [7, 11) is 0. The van der Waals surface area contributed by atoms with Gasteiger partial charge in [0.15, 0.2) is 5.76 Å². The molecule has 0 aliphatic carbocycles. The van der Waals surface area contributed by atoms with Crippen LogP contribution in [0.15, 0.2) is 45.9 Å². The van der Waals surface area contributed by atoms with Crippen molar-refractivity contribution in [3.63, 3.8) is 0 Å². The van der Waals surface area contributed by atoms with E-state index in [1.165, 1.54) is 18.3 Å². The fraction of sp³-hybridized carbons (Fsp3) is 0.143. The predicted molar refractivity (Wildman–Crippen MR) is 84.8 cm³/mol. The molecule has 0 atom stereocenters. The predicted octanol–water partition coefficient (Wildman–Crippen LogP) is 3.58. The van der Waals surface area contributed by atoms with Crippen LogP contribution in [0, 0.1) is 14.9 Å². The second-order valence-electron chi connectivity index (χ2n) is 4.51. The van der Waals surface area contributed by atoms with Crippen molar-refractivity contribution in [3.05, 3.63) is 57.0 Å². The first-order chi connectivity index (χ1) is 10.6. The van der Waals surface area contributed by atoms with Gasteiger partial charge >= 0.3 is 5.88 Å². The van der Waals surface area contributed by atoms with Crippen molar-refractivity contribution >= 4 is 35.4 Å². The van der Waals surface area contributed by atoms with Gasteiger partial charge in [0.1, 0.15) is 4.92 Å². The summed E-state index contributed by atoms with van der Waals surface area (Å²) >= 11 is 5.43. The quantitative estimate of drug-likeness (QED) is 0.319. The van der Waals surface area contributed by atoms with Crippen LogP contribution in [0.5, 0.6) is 0 Å². The molecule has 3 aromatic rings. The number of aromatic nitrogens is 2. The molecule has 0 saturated carbocycles. The molecule has 2 aromatic heterocycles. The van der Waals surface area contributed by atoms with Crippen molar-refractivity contribution in [3.8, 4) is 0 Å². The monoisotopic (exact) mass is 316 g/mol. The molecule has 8 heteroatoms. The zero-order chi connectivity index (χ0) is 15.7. The van der Waals surface area contributed by atoms with Crippen LogP contribution in [-0.2, 0) is 6.54 Å². The minimum atomic E-state index is -0.591. The number of nitrogens with zero attached hydrogens (tertiary/aromatic N) is 4. The van der Waals surface area contributed by atoms with Gasteiger partial charge in [-0.3, -0.25) is 10.1 Å². The molecule has 0 aliphatic rings. The Kier molecular flexibility index (Phi) is 3.60. The lowest BCUT2D eigenvalue weighted by Gasteiger charge is -1.96. The van der Waals surface area contributed by atoms with Gasteiger partial charge in [0.2, 0.25) is 4.77 Å². The van der Waals surface area contributed by atoms with Crippen molar-refractivity contribution in [2.75, 3.05) is 0 Å². The lowest BCUT2D eigenvalue weighted by atomic mass is 10.3. The summed E-state index contributed by atoms with van der Waals surface area (Å²) < 4.78 is 9.18. The van der Waals surface area contributed by atoms with E-state index in [0.717, 1.165) is 17.6 Å². The third-order valence-corrected chi connectivity index (χ3v) is 3.62. The molecule has 0 saturated heterocycles. The molecular weight excluding hydrogens is 304 g/mol. The maximum atomic E-state index is 10.6. The molecule has 0 spiro atoms. The molecule has 112 valence electrons. The van der Waals surface area contributed by atoms with E-state index < -0.39 is 4.92 Å². The number of imidazole rings is 1. The first-order valence-electron chi connectivity index (χ1n) is 6.60. The highest BCUT2D eigenvalue weighted by molar-refractivity contribution is 7.71. The highest BCUT2D eigenvalue weighted by Crippen LogP contribution is 2.18. The van der Waals surface area contributed by atoms with Crippen LogP contribution < -0.4 is 0 Å². The molecule has 0 fully saturated rings. The second-order valence-corrected chi connectivity index (χ2v) is 4.87. The number of aryl methyl sites for hydroxylation is 1. The van der Waals surface area contributed by atoms with Crippen LogP contribution in [0.25, 0.3) is 11.0 Å².